The first-order chi connectivity index (χ1) is 8.10. The van der Waals surface area contributed by atoms with Crippen molar-refractivity contribution in [3.8, 4) is 0 Å². The highest BCUT2D eigenvalue weighted by atomic mass is 32.2. The fourth-order valence-electron chi connectivity index (χ4n) is 1.42. The highest BCUT2D eigenvalue weighted by Crippen LogP contribution is 2.24. The largest absolute Gasteiger partial charge is 0.480 e. The lowest BCUT2D eigenvalue weighted by molar-refractivity contribution is -0.136. The number of rotatable bonds is 7. The van der Waals surface area contributed by atoms with E-state index in [9.17, 15) is 9.59 Å². The summed E-state index contributed by atoms with van der Waals surface area (Å²) >= 11 is 1.13. The van der Waals surface area contributed by atoms with Gasteiger partial charge in [-0.2, -0.15) is 0 Å². The summed E-state index contributed by atoms with van der Waals surface area (Å²) in [6.45, 7) is 4.32. The summed E-state index contributed by atoms with van der Waals surface area (Å²) in [5, 5.41) is 15.2. The molecule has 0 bridgehead atoms. The van der Waals surface area contributed by atoms with Gasteiger partial charge in [-0.15, -0.1) is 5.10 Å². The predicted molar refractivity (Wildman–Crippen MR) is 65.3 cm³/mol. The predicted octanol–water partition coefficient (Wildman–Crippen LogP) is 1.33. The van der Waals surface area contributed by atoms with Gasteiger partial charge in [0.15, 0.2) is 5.16 Å². The molecule has 0 aromatic carbocycles. The van der Waals surface area contributed by atoms with E-state index in [4.69, 9.17) is 5.11 Å². The Labute approximate surface area is 103 Å². The molecule has 1 rings (SSSR count). The zero-order valence-electron chi connectivity index (χ0n) is 9.97. The smallest absolute Gasteiger partial charge is 0.343 e. The third-order valence-electron chi connectivity index (χ3n) is 2.38. The van der Waals surface area contributed by atoms with Crippen molar-refractivity contribution in [3.05, 3.63) is 10.5 Å². The van der Waals surface area contributed by atoms with Crippen LogP contribution in [0.2, 0.25) is 0 Å². The summed E-state index contributed by atoms with van der Waals surface area (Å²) in [4.78, 5) is 22.4. The second-order valence-electron chi connectivity index (χ2n) is 3.64. The van der Waals surface area contributed by atoms with Crippen LogP contribution in [0.15, 0.2) is 9.95 Å². The van der Waals surface area contributed by atoms with Crippen molar-refractivity contribution in [1.82, 2.24) is 14.8 Å². The van der Waals surface area contributed by atoms with Crippen LogP contribution in [0.5, 0.6) is 0 Å². The molecule has 0 fully saturated rings. The van der Waals surface area contributed by atoms with Crippen LogP contribution in [-0.4, -0.2) is 31.1 Å². The lowest BCUT2D eigenvalue weighted by Crippen LogP contribution is -2.20. The summed E-state index contributed by atoms with van der Waals surface area (Å²) in [5.74, 6) is -0.860. The number of hydrogen-bond acceptors (Lipinski definition) is 4. The van der Waals surface area contributed by atoms with Crippen LogP contribution in [0.4, 0.5) is 0 Å². The number of nitrogens with zero attached hydrogens (tertiary/aromatic N) is 2. The van der Waals surface area contributed by atoms with E-state index in [0.717, 1.165) is 24.6 Å². The highest BCUT2D eigenvalue weighted by Gasteiger charge is 2.21. The average Bonchev–Trinajstić information content (AvgIpc) is 2.64. The van der Waals surface area contributed by atoms with Gasteiger partial charge in [-0.05, 0) is 13.3 Å². The van der Waals surface area contributed by atoms with Crippen LogP contribution in [0.3, 0.4) is 0 Å². The first kappa shape index (κ1) is 13.8. The van der Waals surface area contributed by atoms with Gasteiger partial charge in [0.25, 0.3) is 0 Å². The zero-order valence-corrected chi connectivity index (χ0v) is 10.8. The number of aliphatic carboxylic acids is 1. The molecule has 2 N–H and O–H groups in total. The summed E-state index contributed by atoms with van der Waals surface area (Å²) < 4.78 is 1.44. The molecule has 0 amide bonds. The highest BCUT2D eigenvalue weighted by molar-refractivity contribution is 8.00. The minimum atomic E-state index is -0.860. The van der Waals surface area contributed by atoms with Gasteiger partial charge in [0.05, 0.1) is 0 Å². The number of hydrogen-bond donors (Lipinski definition) is 2. The molecule has 6 nitrogen and oxygen atoms in total. The van der Waals surface area contributed by atoms with Gasteiger partial charge in [-0.1, -0.05) is 31.5 Å². The molecule has 1 atom stereocenters. The van der Waals surface area contributed by atoms with Crippen LogP contribution in [0, 0.1) is 0 Å². The van der Waals surface area contributed by atoms with Crippen LogP contribution in [0.25, 0.3) is 0 Å². The molecular formula is C10H17N3O3S. The summed E-state index contributed by atoms with van der Waals surface area (Å²) in [6.07, 6.45) is 2.39. The number of H-pyrrole nitrogens is 1. The Bertz CT molecular complexity index is 427. The Balaban J connectivity index is 2.78. The molecule has 0 saturated carbocycles. The molecule has 1 unspecified atom stereocenters. The zero-order chi connectivity index (χ0) is 12.8. The van der Waals surface area contributed by atoms with E-state index in [0.29, 0.717) is 18.1 Å². The molecule has 0 spiro atoms. The summed E-state index contributed by atoms with van der Waals surface area (Å²) in [6, 6.07) is 0. The fourth-order valence-corrected chi connectivity index (χ4v) is 2.50. The Morgan fingerprint density at radius 1 is 1.59 bits per heavy atom. The van der Waals surface area contributed by atoms with Crippen molar-refractivity contribution < 1.29 is 9.90 Å². The number of nitrogens with one attached hydrogen (secondary N) is 1. The van der Waals surface area contributed by atoms with E-state index >= 15 is 0 Å². The second-order valence-corrected chi connectivity index (χ2v) is 4.81. The minimum absolute atomic E-state index is 0.297. The van der Waals surface area contributed by atoms with E-state index in [-0.39, 0.29) is 5.69 Å². The Kier molecular flexibility index (Phi) is 5.27. The van der Waals surface area contributed by atoms with Gasteiger partial charge < -0.3 is 5.11 Å². The summed E-state index contributed by atoms with van der Waals surface area (Å²) in [7, 11) is 0. The van der Waals surface area contributed by atoms with Crippen LogP contribution < -0.4 is 5.69 Å². The van der Waals surface area contributed by atoms with Crippen LogP contribution >= 0.6 is 11.8 Å². The first-order valence-electron chi connectivity index (χ1n) is 5.64. The quantitative estimate of drug-likeness (QED) is 0.721. The lowest BCUT2D eigenvalue weighted by Gasteiger charge is -2.10. The van der Waals surface area contributed by atoms with Crippen molar-refractivity contribution in [1.29, 1.82) is 0 Å². The monoisotopic (exact) mass is 259 g/mol. The minimum Gasteiger partial charge on any atom is -0.480 e. The van der Waals surface area contributed by atoms with Gasteiger partial charge in [0, 0.05) is 6.54 Å². The van der Waals surface area contributed by atoms with Gasteiger partial charge in [0.2, 0.25) is 0 Å². The number of thioether (sulfide) groups is 1. The topological polar surface area (TPSA) is 88.0 Å². The number of aromatic amines is 1. The van der Waals surface area contributed by atoms with Crippen molar-refractivity contribution in [2.75, 3.05) is 0 Å². The number of carboxylic acids is 1. The SMILES string of the molecule is CCCCC(Sc1n[nH]c(=O)n1CC)C(=O)O. The number of carboxylic acid groups (broad SMARTS) is 1. The molecule has 7 heteroatoms. The maximum absolute atomic E-state index is 11.3. The normalized spacial score (nSPS) is 12.6. The van der Waals surface area contributed by atoms with E-state index in [1.165, 1.54) is 4.57 Å². The second kappa shape index (κ2) is 6.48. The van der Waals surface area contributed by atoms with Gasteiger partial charge >= 0.3 is 11.7 Å². The molecule has 1 aromatic heterocycles. The van der Waals surface area contributed by atoms with E-state index < -0.39 is 11.2 Å². The number of unbranched alkanes of at least 4 members (excludes halogenated alkanes) is 1. The third-order valence-corrected chi connectivity index (χ3v) is 3.63. The van der Waals surface area contributed by atoms with E-state index in [1.54, 1.807) is 0 Å². The van der Waals surface area contributed by atoms with Gasteiger partial charge in [0.1, 0.15) is 5.25 Å². The molecule has 0 aliphatic heterocycles. The number of carbonyl (C=O) groups is 1. The molecule has 96 valence electrons. The third kappa shape index (κ3) is 3.62. The molecule has 0 aliphatic rings. The van der Waals surface area contributed by atoms with Crippen LogP contribution in [-0.2, 0) is 11.3 Å². The maximum atomic E-state index is 11.3. The maximum Gasteiger partial charge on any atom is 0.343 e. The molecule has 0 radical (unpaired) electrons. The molecule has 0 saturated heterocycles. The first-order valence-corrected chi connectivity index (χ1v) is 6.52. The van der Waals surface area contributed by atoms with Crippen molar-refractivity contribution in [2.24, 2.45) is 0 Å². The van der Waals surface area contributed by atoms with E-state index in [1.807, 2.05) is 13.8 Å². The molecule has 1 aromatic rings. The van der Waals surface area contributed by atoms with E-state index in [2.05, 4.69) is 10.2 Å². The Hall–Kier alpha value is -1.24. The Morgan fingerprint density at radius 2 is 2.29 bits per heavy atom. The standard InChI is InChI=1S/C10H17N3O3S/c1-3-5-6-7(8(14)15)17-10-12-11-9(16)13(10)4-2/h7H,3-6H2,1-2H3,(H,11,16)(H,14,15). The van der Waals surface area contributed by atoms with Crippen molar-refractivity contribution >= 4 is 17.7 Å². The van der Waals surface area contributed by atoms with Crippen molar-refractivity contribution in [2.45, 2.75) is 50.1 Å². The fraction of sp³-hybridized carbons (Fsp3) is 0.700. The lowest BCUT2D eigenvalue weighted by atomic mass is 10.2. The molecular weight excluding hydrogens is 242 g/mol. The van der Waals surface area contributed by atoms with Gasteiger partial charge in [-0.3, -0.25) is 9.36 Å². The molecule has 0 aliphatic carbocycles. The molecule has 17 heavy (non-hydrogen) atoms. The number of aromatic nitrogens is 3. The van der Waals surface area contributed by atoms with Crippen molar-refractivity contribution in [3.63, 3.8) is 0 Å². The van der Waals surface area contributed by atoms with Gasteiger partial charge in [-0.25, -0.2) is 9.89 Å². The average molecular weight is 259 g/mol. The van der Waals surface area contributed by atoms with Crippen LogP contribution in [0.1, 0.15) is 33.1 Å². The summed E-state index contributed by atoms with van der Waals surface area (Å²) in [5.41, 5.74) is -0.297. The Morgan fingerprint density at radius 3 is 2.82 bits per heavy atom. The molecule has 1 heterocycles.